The third kappa shape index (κ3) is 5.97. The second kappa shape index (κ2) is 10.3. The Morgan fingerprint density at radius 1 is 0.933 bits per heavy atom. The van der Waals surface area contributed by atoms with Crippen LogP contribution in [0.15, 0.2) is 24.3 Å². The Hall–Kier alpha value is -2.08. The van der Waals surface area contributed by atoms with Gasteiger partial charge in [0, 0.05) is 69.0 Å². The molecule has 2 aliphatic heterocycles. The lowest BCUT2D eigenvalue weighted by Gasteiger charge is -2.38. The van der Waals surface area contributed by atoms with Gasteiger partial charge in [0.2, 0.25) is 5.91 Å². The maximum Gasteiger partial charge on any atom is 0.251 e. The zero-order valence-electron chi connectivity index (χ0n) is 19.1. The van der Waals surface area contributed by atoms with Crippen molar-refractivity contribution in [3.8, 4) is 0 Å². The summed E-state index contributed by atoms with van der Waals surface area (Å²) in [7, 11) is 0. The lowest BCUT2D eigenvalue weighted by atomic mass is 10.0. The van der Waals surface area contributed by atoms with E-state index in [1.54, 1.807) is 0 Å². The average Bonchev–Trinajstić information content (AvgIpc) is 2.74. The largest absolute Gasteiger partial charge is 0.369 e. The second-order valence-corrected chi connectivity index (χ2v) is 9.39. The van der Waals surface area contributed by atoms with E-state index >= 15 is 0 Å². The van der Waals surface area contributed by atoms with Crippen molar-refractivity contribution in [2.45, 2.75) is 59.0 Å². The second-order valence-electron chi connectivity index (χ2n) is 9.39. The van der Waals surface area contributed by atoms with Crippen molar-refractivity contribution in [2.75, 3.05) is 44.2 Å². The van der Waals surface area contributed by atoms with E-state index in [0.29, 0.717) is 23.9 Å². The molecule has 0 radical (unpaired) electrons. The van der Waals surface area contributed by atoms with Crippen LogP contribution in [-0.2, 0) is 4.79 Å². The predicted octanol–water partition coefficient (Wildman–Crippen LogP) is 2.98. The highest BCUT2D eigenvalue weighted by molar-refractivity contribution is 5.94. The Bertz CT molecular complexity index is 700. The Balaban J connectivity index is 1.46. The smallest absolute Gasteiger partial charge is 0.251 e. The Labute approximate surface area is 181 Å². The SMILES string of the molecule is CC(C)CC(=O)N1CCC(NC(=O)c2ccc(N3CCN(C(C)C)CC3)cc2)CC1. The van der Waals surface area contributed by atoms with Crippen LogP contribution in [0.25, 0.3) is 0 Å². The molecule has 0 aromatic heterocycles. The fourth-order valence-corrected chi connectivity index (χ4v) is 4.34. The maximum atomic E-state index is 12.7. The van der Waals surface area contributed by atoms with Crippen LogP contribution in [0.3, 0.4) is 0 Å². The van der Waals surface area contributed by atoms with Gasteiger partial charge in [-0.15, -0.1) is 0 Å². The predicted molar refractivity (Wildman–Crippen MR) is 122 cm³/mol. The van der Waals surface area contributed by atoms with Crippen LogP contribution in [0.5, 0.6) is 0 Å². The van der Waals surface area contributed by atoms with E-state index in [0.717, 1.165) is 52.1 Å². The van der Waals surface area contributed by atoms with Gasteiger partial charge in [-0.25, -0.2) is 0 Å². The molecule has 0 atom stereocenters. The van der Waals surface area contributed by atoms with Crippen molar-refractivity contribution in [3.05, 3.63) is 29.8 Å². The van der Waals surface area contributed by atoms with Crippen LogP contribution in [0, 0.1) is 5.92 Å². The van der Waals surface area contributed by atoms with Crippen molar-refractivity contribution < 1.29 is 9.59 Å². The van der Waals surface area contributed by atoms with E-state index < -0.39 is 0 Å². The number of amides is 2. The first-order chi connectivity index (χ1) is 14.3. The lowest BCUT2D eigenvalue weighted by Crippen LogP contribution is -2.48. The van der Waals surface area contributed by atoms with Gasteiger partial charge in [0.1, 0.15) is 0 Å². The van der Waals surface area contributed by atoms with Gasteiger partial charge in [0.05, 0.1) is 0 Å². The highest BCUT2D eigenvalue weighted by atomic mass is 16.2. The molecule has 2 saturated heterocycles. The third-order valence-corrected chi connectivity index (χ3v) is 6.30. The highest BCUT2D eigenvalue weighted by Gasteiger charge is 2.24. The zero-order chi connectivity index (χ0) is 21.7. The summed E-state index contributed by atoms with van der Waals surface area (Å²) in [5.74, 6) is 0.606. The summed E-state index contributed by atoms with van der Waals surface area (Å²) in [4.78, 5) is 31.7. The van der Waals surface area contributed by atoms with Gasteiger partial charge >= 0.3 is 0 Å². The molecule has 6 nitrogen and oxygen atoms in total. The fraction of sp³-hybridized carbons (Fsp3) is 0.667. The maximum absolute atomic E-state index is 12.7. The number of rotatable bonds is 6. The molecule has 3 rings (SSSR count). The molecule has 1 aromatic rings. The zero-order valence-corrected chi connectivity index (χ0v) is 19.1. The minimum Gasteiger partial charge on any atom is -0.369 e. The van der Waals surface area contributed by atoms with Crippen LogP contribution in [0.2, 0.25) is 0 Å². The number of carbonyl (C=O) groups excluding carboxylic acids is 2. The summed E-state index contributed by atoms with van der Waals surface area (Å²) in [6.45, 7) is 14.3. The van der Waals surface area contributed by atoms with Gasteiger partial charge in [0.25, 0.3) is 5.91 Å². The van der Waals surface area contributed by atoms with Gasteiger partial charge in [-0.3, -0.25) is 14.5 Å². The number of piperidine rings is 1. The summed E-state index contributed by atoms with van der Waals surface area (Å²) in [5, 5.41) is 3.16. The van der Waals surface area contributed by atoms with Gasteiger partial charge in [-0.05, 0) is 56.9 Å². The molecule has 6 heteroatoms. The molecule has 0 bridgehead atoms. The molecule has 0 spiro atoms. The molecule has 0 saturated carbocycles. The minimum absolute atomic E-state index is 0.0156. The monoisotopic (exact) mass is 414 g/mol. The Morgan fingerprint density at radius 2 is 1.53 bits per heavy atom. The van der Waals surface area contributed by atoms with Crippen LogP contribution < -0.4 is 10.2 Å². The number of nitrogens with one attached hydrogen (secondary N) is 1. The van der Waals surface area contributed by atoms with Gasteiger partial charge < -0.3 is 15.1 Å². The molecular weight excluding hydrogens is 376 g/mol. The number of nitrogens with zero attached hydrogens (tertiary/aromatic N) is 3. The molecular formula is C24H38N4O2. The van der Waals surface area contributed by atoms with E-state index in [2.05, 4.69) is 54.9 Å². The Kier molecular flexibility index (Phi) is 7.75. The molecule has 2 amide bonds. The van der Waals surface area contributed by atoms with E-state index in [-0.39, 0.29) is 17.9 Å². The van der Waals surface area contributed by atoms with E-state index in [9.17, 15) is 9.59 Å². The molecule has 166 valence electrons. The molecule has 2 heterocycles. The van der Waals surface area contributed by atoms with Gasteiger partial charge in [-0.1, -0.05) is 13.8 Å². The first kappa shape index (κ1) is 22.6. The topological polar surface area (TPSA) is 55.9 Å². The number of hydrogen-bond donors (Lipinski definition) is 1. The first-order valence-electron chi connectivity index (χ1n) is 11.5. The number of piperazine rings is 1. The minimum atomic E-state index is -0.0156. The first-order valence-corrected chi connectivity index (χ1v) is 11.5. The van der Waals surface area contributed by atoms with Crippen molar-refractivity contribution >= 4 is 17.5 Å². The summed E-state index contributed by atoms with van der Waals surface area (Å²) in [5.41, 5.74) is 1.89. The summed E-state index contributed by atoms with van der Waals surface area (Å²) < 4.78 is 0. The lowest BCUT2D eigenvalue weighted by molar-refractivity contribution is -0.133. The van der Waals surface area contributed by atoms with Crippen molar-refractivity contribution in [1.82, 2.24) is 15.1 Å². The molecule has 0 aliphatic carbocycles. The number of benzene rings is 1. The van der Waals surface area contributed by atoms with Crippen molar-refractivity contribution in [2.24, 2.45) is 5.92 Å². The van der Waals surface area contributed by atoms with E-state index in [4.69, 9.17) is 0 Å². The quantitative estimate of drug-likeness (QED) is 0.778. The van der Waals surface area contributed by atoms with Crippen molar-refractivity contribution in [3.63, 3.8) is 0 Å². The normalized spacial score (nSPS) is 18.9. The third-order valence-electron chi connectivity index (χ3n) is 6.30. The summed E-state index contributed by atoms with van der Waals surface area (Å²) in [6.07, 6.45) is 2.26. The molecule has 1 N–H and O–H groups in total. The van der Waals surface area contributed by atoms with Crippen LogP contribution in [0.4, 0.5) is 5.69 Å². The van der Waals surface area contributed by atoms with E-state index in [1.807, 2.05) is 17.0 Å². The van der Waals surface area contributed by atoms with Gasteiger partial charge in [-0.2, -0.15) is 0 Å². The molecule has 30 heavy (non-hydrogen) atoms. The number of carbonyl (C=O) groups is 2. The standard InChI is InChI=1S/C24H38N4O2/c1-18(2)17-23(29)28-11-9-21(10-12-28)25-24(30)20-5-7-22(8-6-20)27-15-13-26(14-16-27)19(3)4/h5-8,18-19,21H,9-17H2,1-4H3,(H,25,30). The van der Waals surface area contributed by atoms with Gasteiger partial charge in [0.15, 0.2) is 0 Å². The van der Waals surface area contributed by atoms with Crippen LogP contribution in [-0.4, -0.2) is 73.0 Å². The fourth-order valence-electron chi connectivity index (χ4n) is 4.34. The van der Waals surface area contributed by atoms with E-state index in [1.165, 1.54) is 5.69 Å². The molecule has 1 aromatic carbocycles. The van der Waals surface area contributed by atoms with Crippen LogP contribution >= 0.6 is 0 Å². The average molecular weight is 415 g/mol. The highest BCUT2D eigenvalue weighted by Crippen LogP contribution is 2.19. The van der Waals surface area contributed by atoms with Crippen LogP contribution in [0.1, 0.15) is 57.3 Å². The summed E-state index contributed by atoms with van der Waals surface area (Å²) in [6, 6.07) is 8.73. The Morgan fingerprint density at radius 3 is 2.07 bits per heavy atom. The summed E-state index contributed by atoms with van der Waals surface area (Å²) >= 11 is 0. The number of likely N-dealkylation sites (tertiary alicyclic amines) is 1. The molecule has 2 aliphatic rings. The number of anilines is 1. The molecule has 0 unspecified atom stereocenters. The van der Waals surface area contributed by atoms with Crippen molar-refractivity contribution in [1.29, 1.82) is 0 Å². The number of hydrogen-bond acceptors (Lipinski definition) is 4. The molecule has 2 fully saturated rings.